The zero-order valence-electron chi connectivity index (χ0n) is 8.79. The molecule has 5 heteroatoms. The van der Waals surface area contributed by atoms with Gasteiger partial charge in [0.15, 0.2) is 5.96 Å². The average Bonchev–Trinajstić information content (AvgIpc) is 2.59. The van der Waals surface area contributed by atoms with Gasteiger partial charge in [-0.3, -0.25) is 4.99 Å². The molecule has 0 bridgehead atoms. The molecule has 2 N–H and O–H groups in total. The number of thiazole rings is 1. The van der Waals surface area contributed by atoms with Crippen molar-refractivity contribution in [1.29, 1.82) is 0 Å². The molecule has 4 nitrogen and oxygen atoms in total. The monoisotopic (exact) mass is 212 g/mol. The number of rotatable bonds is 3. The van der Waals surface area contributed by atoms with Crippen molar-refractivity contribution in [3.63, 3.8) is 0 Å². The highest BCUT2D eigenvalue weighted by atomic mass is 32.1. The molecule has 0 fully saturated rings. The molecule has 0 aliphatic carbocycles. The smallest absolute Gasteiger partial charge is 0.190 e. The van der Waals surface area contributed by atoms with Gasteiger partial charge < -0.3 is 10.6 Å². The minimum absolute atomic E-state index is 0.818. The Balaban J connectivity index is 2.28. The van der Waals surface area contributed by atoms with Gasteiger partial charge in [0, 0.05) is 38.1 Å². The summed E-state index contributed by atoms with van der Waals surface area (Å²) in [4.78, 5) is 9.56. The second kappa shape index (κ2) is 5.59. The predicted octanol–water partition coefficient (Wildman–Crippen LogP) is 0.789. The average molecular weight is 212 g/mol. The number of nitrogens with zero attached hydrogens (tertiary/aromatic N) is 2. The molecule has 0 radical (unpaired) electrons. The molecule has 0 amide bonds. The van der Waals surface area contributed by atoms with E-state index in [4.69, 9.17) is 0 Å². The van der Waals surface area contributed by atoms with E-state index < -0.39 is 0 Å². The number of aryl methyl sites for hydroxylation is 1. The Kier molecular flexibility index (Phi) is 4.39. The van der Waals surface area contributed by atoms with Crippen LogP contribution in [0.2, 0.25) is 0 Å². The third kappa shape index (κ3) is 3.33. The first kappa shape index (κ1) is 11.0. The summed E-state index contributed by atoms with van der Waals surface area (Å²) in [5.41, 5.74) is 0. The first-order valence-electron chi connectivity index (χ1n) is 4.56. The number of hydrogen-bond donors (Lipinski definition) is 2. The molecule has 0 spiro atoms. The van der Waals surface area contributed by atoms with Gasteiger partial charge in [-0.05, 0) is 6.92 Å². The van der Waals surface area contributed by atoms with Crippen molar-refractivity contribution in [1.82, 2.24) is 15.6 Å². The summed E-state index contributed by atoms with van der Waals surface area (Å²) in [5, 5.41) is 7.32. The fourth-order valence-electron chi connectivity index (χ4n) is 1.08. The van der Waals surface area contributed by atoms with Crippen LogP contribution in [0.25, 0.3) is 0 Å². The molecule has 1 rings (SSSR count). The number of guanidine groups is 1. The first-order chi connectivity index (χ1) is 6.76. The fraction of sp³-hybridized carbons (Fsp3) is 0.556. The highest BCUT2D eigenvalue weighted by Gasteiger charge is 1.98. The van der Waals surface area contributed by atoms with Crippen LogP contribution in [-0.2, 0) is 6.42 Å². The van der Waals surface area contributed by atoms with Crippen LogP contribution >= 0.6 is 11.3 Å². The van der Waals surface area contributed by atoms with Crippen LogP contribution in [-0.4, -0.2) is 31.6 Å². The van der Waals surface area contributed by atoms with Crippen molar-refractivity contribution in [2.75, 3.05) is 20.6 Å². The number of nitrogens with one attached hydrogen (secondary N) is 2. The van der Waals surface area contributed by atoms with E-state index in [1.165, 1.54) is 9.88 Å². The third-order valence-corrected chi connectivity index (χ3v) is 2.73. The molecule has 0 saturated heterocycles. The van der Waals surface area contributed by atoms with Gasteiger partial charge in [-0.25, -0.2) is 4.98 Å². The standard InChI is InChI=1S/C9H16N4S/c1-7-6-13-8(14-7)4-5-12-9(10-2)11-3/h6H,4-5H2,1-3H3,(H2,10,11,12). The topological polar surface area (TPSA) is 49.3 Å². The minimum atomic E-state index is 0.818. The lowest BCUT2D eigenvalue weighted by molar-refractivity contribution is 0.829. The molecule has 0 aliphatic rings. The normalized spacial score (nSPS) is 11.5. The van der Waals surface area contributed by atoms with Crippen LogP contribution in [0.3, 0.4) is 0 Å². The lowest BCUT2D eigenvalue weighted by Gasteiger charge is -2.06. The molecule has 0 aromatic carbocycles. The van der Waals surface area contributed by atoms with E-state index in [1.807, 2.05) is 13.2 Å². The van der Waals surface area contributed by atoms with Crippen molar-refractivity contribution in [2.24, 2.45) is 4.99 Å². The zero-order chi connectivity index (χ0) is 10.4. The molecule has 1 heterocycles. The second-order valence-corrected chi connectivity index (χ2v) is 4.18. The zero-order valence-corrected chi connectivity index (χ0v) is 9.61. The van der Waals surface area contributed by atoms with E-state index in [2.05, 4.69) is 27.5 Å². The summed E-state index contributed by atoms with van der Waals surface area (Å²) in [6, 6.07) is 0. The Morgan fingerprint density at radius 3 is 2.93 bits per heavy atom. The molecule has 0 atom stereocenters. The van der Waals surface area contributed by atoms with E-state index in [9.17, 15) is 0 Å². The van der Waals surface area contributed by atoms with E-state index in [0.717, 1.165) is 18.9 Å². The van der Waals surface area contributed by atoms with Gasteiger partial charge in [-0.2, -0.15) is 0 Å². The summed E-state index contributed by atoms with van der Waals surface area (Å²) in [5.74, 6) is 0.818. The maximum atomic E-state index is 4.28. The maximum Gasteiger partial charge on any atom is 0.190 e. The summed E-state index contributed by atoms with van der Waals surface area (Å²) in [6.45, 7) is 2.93. The Hall–Kier alpha value is -1.10. The van der Waals surface area contributed by atoms with E-state index in [-0.39, 0.29) is 0 Å². The van der Waals surface area contributed by atoms with E-state index >= 15 is 0 Å². The molecular formula is C9H16N4S. The predicted molar refractivity (Wildman–Crippen MR) is 61.0 cm³/mol. The van der Waals surface area contributed by atoms with Crippen molar-refractivity contribution < 1.29 is 0 Å². The van der Waals surface area contributed by atoms with Gasteiger partial charge >= 0.3 is 0 Å². The maximum absolute atomic E-state index is 4.28. The second-order valence-electron chi connectivity index (χ2n) is 2.86. The van der Waals surface area contributed by atoms with Crippen molar-refractivity contribution >= 4 is 17.3 Å². The van der Waals surface area contributed by atoms with Crippen molar-refractivity contribution in [3.05, 3.63) is 16.1 Å². The van der Waals surface area contributed by atoms with Crippen molar-refractivity contribution in [3.8, 4) is 0 Å². The molecule has 14 heavy (non-hydrogen) atoms. The molecular weight excluding hydrogens is 196 g/mol. The Labute approximate surface area is 88.5 Å². The lowest BCUT2D eigenvalue weighted by Crippen LogP contribution is -2.35. The summed E-state index contributed by atoms with van der Waals surface area (Å²) >= 11 is 1.74. The van der Waals surface area contributed by atoms with Crippen molar-refractivity contribution in [2.45, 2.75) is 13.3 Å². The molecule has 1 aromatic rings. The van der Waals surface area contributed by atoms with E-state index in [0.29, 0.717) is 0 Å². The SMILES string of the molecule is CN=C(NC)NCCc1ncc(C)s1. The number of hydrogen-bond acceptors (Lipinski definition) is 3. The third-order valence-electron chi connectivity index (χ3n) is 1.76. The Morgan fingerprint density at radius 2 is 2.43 bits per heavy atom. The Morgan fingerprint density at radius 1 is 1.64 bits per heavy atom. The highest BCUT2D eigenvalue weighted by molar-refractivity contribution is 7.11. The number of aromatic nitrogens is 1. The van der Waals surface area contributed by atoms with Gasteiger partial charge in [0.1, 0.15) is 0 Å². The first-order valence-corrected chi connectivity index (χ1v) is 5.37. The van der Waals surface area contributed by atoms with E-state index in [1.54, 1.807) is 18.4 Å². The van der Waals surface area contributed by atoms with Crippen LogP contribution < -0.4 is 10.6 Å². The molecule has 0 unspecified atom stereocenters. The summed E-state index contributed by atoms with van der Waals surface area (Å²) in [7, 11) is 3.61. The van der Waals surface area contributed by atoms with Gasteiger partial charge in [0.2, 0.25) is 0 Å². The van der Waals surface area contributed by atoms with Crippen LogP contribution in [0, 0.1) is 6.92 Å². The highest BCUT2D eigenvalue weighted by Crippen LogP contribution is 2.10. The summed E-state index contributed by atoms with van der Waals surface area (Å²) in [6.07, 6.45) is 2.85. The number of aliphatic imine (C=N–C) groups is 1. The molecule has 0 saturated carbocycles. The summed E-state index contributed by atoms with van der Waals surface area (Å²) < 4.78 is 0. The lowest BCUT2D eigenvalue weighted by atomic mass is 10.4. The van der Waals surface area contributed by atoms with Crippen LogP contribution in [0.1, 0.15) is 9.88 Å². The van der Waals surface area contributed by atoms with Gasteiger partial charge in [0.05, 0.1) is 5.01 Å². The van der Waals surface area contributed by atoms with Gasteiger partial charge in [-0.1, -0.05) is 0 Å². The van der Waals surface area contributed by atoms with Crippen LogP contribution in [0.5, 0.6) is 0 Å². The fourth-order valence-corrected chi connectivity index (χ4v) is 1.87. The van der Waals surface area contributed by atoms with Crippen LogP contribution in [0.4, 0.5) is 0 Å². The van der Waals surface area contributed by atoms with Gasteiger partial charge in [0.25, 0.3) is 0 Å². The largest absolute Gasteiger partial charge is 0.359 e. The van der Waals surface area contributed by atoms with Crippen LogP contribution in [0.15, 0.2) is 11.2 Å². The molecule has 78 valence electrons. The Bertz CT molecular complexity index is 306. The molecule has 0 aliphatic heterocycles. The minimum Gasteiger partial charge on any atom is -0.359 e. The molecule has 1 aromatic heterocycles. The quantitative estimate of drug-likeness (QED) is 0.575. The van der Waals surface area contributed by atoms with Gasteiger partial charge in [-0.15, -0.1) is 11.3 Å².